The number of methoxy groups -OCH3 is 4. The SMILES string of the molecule is [2H]OC(C)OC(=O)OCC(CC#C)CC#C.[2H]OCC(COC(=O)CCCC#C)COC(=O)CCCC#C.[2H]Oc1c(C)ncc(COC(=O)C(C)(C)CC#C)c1CNC(=O)C(C)(C)CC#C.[2H]Oc1c(C)ncc(COC(=O)C(CC#C)(OC)OC)c1COC(=O)C(CC#C)(OC)OC.[2H]Oc1ccc(C(=O)OCC(CC#C)CC#C)cc1. The molecule has 1 atom stereocenters. The molecule has 1 aromatic carbocycles. The number of hydrogen-bond donors (Lipinski definition) is 6. The minimum atomic E-state index is -1.81. The van der Waals surface area contributed by atoms with Crippen molar-refractivity contribution < 1.29 is 121 Å². The van der Waals surface area contributed by atoms with Gasteiger partial charge in [0.2, 0.25) is 15.1 Å². The number of ether oxygens (including phenoxy) is 12. The maximum Gasteiger partial charge on any atom is 0.510 e. The number of nitrogens with zero attached hydrogens (tertiary/aromatic N) is 2. The van der Waals surface area contributed by atoms with Gasteiger partial charge < -0.3 is 87.7 Å². The second kappa shape index (κ2) is 57.8. The lowest BCUT2D eigenvalue weighted by molar-refractivity contribution is -0.229. The van der Waals surface area contributed by atoms with Gasteiger partial charge in [-0.1, -0.05) is 13.8 Å². The van der Waals surface area contributed by atoms with Crippen molar-refractivity contribution in [3.8, 4) is 141 Å². The summed E-state index contributed by atoms with van der Waals surface area (Å²) in [6.07, 6.45) is 57.8. The molecule has 2 heterocycles. The highest BCUT2D eigenvalue weighted by Gasteiger charge is 2.42. The number of phenols is 1. The Morgan fingerprint density at radius 1 is 0.500 bits per heavy atom. The summed E-state index contributed by atoms with van der Waals surface area (Å²) in [5, 5.41) is 24.7. The second-order valence-electron chi connectivity index (χ2n) is 25.6. The van der Waals surface area contributed by atoms with Gasteiger partial charge in [0.05, 0.1) is 79.6 Å². The van der Waals surface area contributed by atoms with Crippen LogP contribution in [-0.2, 0) is 112 Å². The summed E-state index contributed by atoms with van der Waals surface area (Å²) in [5.74, 6) is 17.2. The number of carbonyl (C=O) groups is 8. The number of aliphatic hydroxyl groups is 2. The largest absolute Gasteiger partial charge is 0.510 e. The number of esters is 6. The topological polar surface area (TPSA) is 386 Å². The number of nitrogens with one attached hydrogen (secondary N) is 1. The molecule has 2 aromatic heterocycles. The Morgan fingerprint density at radius 3 is 1.33 bits per heavy atom. The number of aryl methyl sites for hydroxylation is 2. The molecule has 6 N–H and O–H groups in total. The third-order valence-electron chi connectivity index (χ3n) is 15.6. The Morgan fingerprint density at radius 2 is 0.921 bits per heavy atom. The van der Waals surface area contributed by atoms with Crippen molar-refractivity contribution >= 4 is 47.9 Å². The van der Waals surface area contributed by atoms with Crippen molar-refractivity contribution in [1.29, 1.82) is 7.16 Å². The van der Waals surface area contributed by atoms with Gasteiger partial charge in [0.15, 0.2) is 0 Å². The highest BCUT2D eigenvalue weighted by Crippen LogP contribution is 2.31. The van der Waals surface area contributed by atoms with E-state index in [1.54, 1.807) is 41.5 Å². The number of pyridine rings is 2. The van der Waals surface area contributed by atoms with Crippen LogP contribution in [0.4, 0.5) is 4.79 Å². The van der Waals surface area contributed by atoms with Crippen LogP contribution in [0, 0.1) is 166 Å². The maximum atomic E-state index is 12.6. The number of benzene rings is 1. The lowest BCUT2D eigenvalue weighted by Crippen LogP contribution is -2.44. The molecule has 0 aliphatic carbocycles. The Balaban J connectivity index is 0. The number of unbranched alkanes of at least 4 members (excludes halogenated alkanes) is 2. The first-order valence-corrected chi connectivity index (χ1v) is 35.0. The number of phenolic OH excluding ortho intramolecular Hbond substituents is 1. The van der Waals surface area contributed by atoms with Gasteiger partial charge in [0.1, 0.15) is 37.1 Å². The molecule has 0 saturated carbocycles. The number of amides is 1. The van der Waals surface area contributed by atoms with Gasteiger partial charge in [-0.3, -0.25) is 29.1 Å². The minimum absolute atomic E-state index is 0.00920. The zero-order chi connectivity index (χ0) is 90.4. The average molecular weight is 1590 g/mol. The van der Waals surface area contributed by atoms with Crippen molar-refractivity contribution in [1.82, 2.24) is 15.3 Å². The normalized spacial score (nSPS) is 11.2. The lowest BCUT2D eigenvalue weighted by atomic mass is 9.88. The van der Waals surface area contributed by atoms with Gasteiger partial charge >= 0.3 is 42.0 Å². The van der Waals surface area contributed by atoms with E-state index in [1.807, 2.05) is 0 Å². The van der Waals surface area contributed by atoms with Crippen molar-refractivity contribution in [3.63, 3.8) is 0 Å². The Labute approximate surface area is 677 Å². The van der Waals surface area contributed by atoms with Gasteiger partial charge in [-0.25, -0.2) is 19.2 Å². The van der Waals surface area contributed by atoms with Crippen LogP contribution >= 0.6 is 0 Å². The molecule has 114 heavy (non-hydrogen) atoms. The van der Waals surface area contributed by atoms with Crippen LogP contribution in [0.2, 0.25) is 0 Å². The first-order chi connectivity index (χ1) is 56.7. The fraction of sp³-hybridized carbons (Fsp3) is 0.488. The molecular weight excluding hydrogens is 1470 g/mol. The molecule has 0 saturated heterocycles. The monoisotopic (exact) mass is 1580 g/mol. The summed E-state index contributed by atoms with van der Waals surface area (Å²) < 4.78 is 95.7. The van der Waals surface area contributed by atoms with E-state index < -0.39 is 58.7 Å². The number of aliphatic hydroxyl groups excluding tert-OH is 2. The molecular formula is C86H105N3O25. The summed E-state index contributed by atoms with van der Waals surface area (Å²) in [7, 11) is 4.99. The first-order valence-electron chi connectivity index (χ1n) is 37.1. The summed E-state index contributed by atoms with van der Waals surface area (Å²) in [6, 6.07) is 6.10. The van der Waals surface area contributed by atoms with Crippen LogP contribution in [0.5, 0.6) is 17.2 Å². The van der Waals surface area contributed by atoms with Crippen LogP contribution in [-0.4, -0.2) is 170 Å². The molecule has 0 aliphatic heterocycles. The quantitative estimate of drug-likeness (QED) is 0.0101. The highest BCUT2D eigenvalue weighted by molar-refractivity contribution is 5.89. The Bertz CT molecular complexity index is 4060. The van der Waals surface area contributed by atoms with E-state index in [0.717, 1.165) is 0 Å². The molecule has 3 rings (SSSR count). The minimum Gasteiger partial charge on any atom is -0.508 e. The van der Waals surface area contributed by atoms with Crippen molar-refractivity contribution in [2.75, 3.05) is 61.5 Å². The Hall–Kier alpha value is -12.2. The average Bonchev–Trinajstić information content (AvgIpc) is 0.824. The first kappa shape index (κ1) is 94.2. The smallest absolute Gasteiger partial charge is 0.508 e. The molecule has 0 aliphatic rings. The molecule has 1 unspecified atom stereocenters. The van der Waals surface area contributed by atoms with E-state index in [4.69, 9.17) is 129 Å². The van der Waals surface area contributed by atoms with E-state index in [2.05, 4.69) is 99.7 Å². The number of aromatic nitrogens is 2. The van der Waals surface area contributed by atoms with Crippen molar-refractivity contribution in [2.45, 2.75) is 183 Å². The van der Waals surface area contributed by atoms with Gasteiger partial charge in [-0.2, -0.15) is 0 Å². The van der Waals surface area contributed by atoms with E-state index in [-0.39, 0.29) is 151 Å². The van der Waals surface area contributed by atoms with Crippen LogP contribution in [0.3, 0.4) is 0 Å². The molecule has 0 bridgehead atoms. The number of hydrogen-bond acceptors (Lipinski definition) is 27. The van der Waals surface area contributed by atoms with Crippen molar-refractivity contribution in [3.05, 3.63) is 75.9 Å². The summed E-state index contributed by atoms with van der Waals surface area (Å²) >= 11 is 0. The third kappa shape index (κ3) is 40.2. The van der Waals surface area contributed by atoms with Gasteiger partial charge in [0.25, 0.3) is 15.9 Å². The predicted octanol–water partition coefficient (Wildman–Crippen LogP) is 8.70. The van der Waals surface area contributed by atoms with Gasteiger partial charge in [-0.15, -0.1) is 123 Å². The molecule has 614 valence electrons. The number of carbonyl (C=O) groups excluding carboxylic acids is 8. The van der Waals surface area contributed by atoms with E-state index >= 15 is 0 Å². The fourth-order valence-corrected chi connectivity index (χ4v) is 8.71. The standard InChI is InChI=1S/C22H28N2O4.C22H27NO9.C16H22O5.C15H14O3.C11H14O4/c1-8-10-21(4,5)19(26)24-13-17-16(12-23-15(3)18(17)25)14-28-20(27)22(6,7)11-9-2;1-8-10-21(27-4,28-5)19(25)31-13-16-12-23-15(3)18(24)17(16)14-32-20(26)22(29-6,30-7)11-9-2;1-3-5-7-9-15(18)20-12-14(11-17)13-21-16(19)10-8-6-4-2;1-3-5-12(6-4-2)11-18-15(17)13-7-9-14(16)10-8-13;1-4-6-10(7-5-2)8-14-11(13)15-9(3)12/h1-2,12,25H,10-11,13-14H2,3-7H3,(H,24,26);1-2,12,24H,10-11,13-14H2,3-7H3;1-2,14,17H,5-13H2;1-2,7-10,12,16H,5-6,11H2;1-2,9-10,12H,6-8H2,3H3/i;;17D;;12D/hD3. The molecule has 0 radical (unpaired) electrons. The molecule has 28 nitrogen and oxygen atoms in total. The number of aromatic hydroxyl groups is 3. The zero-order valence-electron chi connectivity index (χ0n) is 71.4. The fourth-order valence-electron chi connectivity index (χ4n) is 8.71. The molecule has 0 fully saturated rings. The molecule has 0 spiro atoms. The molecule has 1 amide bonds. The summed E-state index contributed by atoms with van der Waals surface area (Å²) in [6.45, 7) is 11.2. The third-order valence-corrected chi connectivity index (χ3v) is 15.6. The van der Waals surface area contributed by atoms with E-state index in [1.165, 1.54) is 72.0 Å². The maximum absolute atomic E-state index is 12.6. The van der Waals surface area contributed by atoms with E-state index in [0.29, 0.717) is 90.8 Å². The van der Waals surface area contributed by atoms with Crippen LogP contribution < -0.4 is 5.32 Å². The summed E-state index contributed by atoms with van der Waals surface area (Å²) in [5.41, 5.74) is 1.21. The van der Waals surface area contributed by atoms with Crippen LogP contribution in [0.1, 0.15) is 169 Å². The number of terminal acetylenes is 10. The lowest BCUT2D eigenvalue weighted by Gasteiger charge is -2.27. The van der Waals surface area contributed by atoms with Gasteiger partial charge in [0, 0.05) is 146 Å². The zero-order valence-corrected chi connectivity index (χ0v) is 66.4. The number of rotatable bonds is 46. The van der Waals surface area contributed by atoms with Gasteiger partial charge in [-0.05, 0) is 71.7 Å². The Kier molecular flexibility index (Phi) is 47.8. The highest BCUT2D eigenvalue weighted by atomic mass is 16.8. The molecule has 3 aromatic rings. The van der Waals surface area contributed by atoms with Crippen molar-refractivity contribution in [2.24, 2.45) is 28.6 Å². The second-order valence-corrected chi connectivity index (χ2v) is 25.6. The summed E-state index contributed by atoms with van der Waals surface area (Å²) in [4.78, 5) is 104. The van der Waals surface area contributed by atoms with Crippen LogP contribution in [0.25, 0.3) is 0 Å². The van der Waals surface area contributed by atoms with Crippen LogP contribution in [0.15, 0.2) is 36.7 Å². The van der Waals surface area contributed by atoms with E-state index in [9.17, 15) is 38.4 Å². The molecule has 28 heteroatoms. The predicted molar refractivity (Wildman–Crippen MR) is 419 cm³/mol.